The van der Waals surface area contributed by atoms with Gasteiger partial charge in [-0.15, -0.1) is 0 Å². The van der Waals surface area contributed by atoms with Crippen LogP contribution in [0.4, 0.5) is 0 Å². The first kappa shape index (κ1) is 49.0. The van der Waals surface area contributed by atoms with E-state index in [4.69, 9.17) is 9.47 Å². The van der Waals surface area contributed by atoms with E-state index in [-0.39, 0.29) is 46.4 Å². The average Bonchev–Trinajstić information content (AvgIpc) is 3.14. The van der Waals surface area contributed by atoms with Crippen LogP contribution in [0.2, 0.25) is 0 Å². The second-order valence-electron chi connectivity index (χ2n) is 20.7. The molecule has 0 radical (unpaired) electrons. The number of carbonyl (C=O) groups excluding carboxylic acids is 2. The summed E-state index contributed by atoms with van der Waals surface area (Å²) in [5.41, 5.74) is 6.11. The zero-order chi connectivity index (χ0) is 45.9. The lowest BCUT2D eigenvalue weighted by molar-refractivity contribution is -0.145. The van der Waals surface area contributed by atoms with Crippen molar-refractivity contribution in [3.8, 4) is 11.5 Å². The van der Waals surface area contributed by atoms with E-state index >= 15 is 0 Å². The van der Waals surface area contributed by atoms with Crippen LogP contribution in [0.25, 0.3) is 0 Å². The summed E-state index contributed by atoms with van der Waals surface area (Å²) in [7, 11) is -4.33. The molecule has 0 bridgehead atoms. The van der Waals surface area contributed by atoms with Crippen molar-refractivity contribution in [3.63, 3.8) is 0 Å². The first-order valence-corrected chi connectivity index (χ1v) is 23.0. The number of aryl methyl sites for hydroxylation is 2. The highest BCUT2D eigenvalue weighted by Crippen LogP contribution is 2.45. The maximum absolute atomic E-state index is 14.9. The number of benzene rings is 4. The minimum Gasteiger partial charge on any atom is -0.507 e. The molecule has 9 heteroatoms. The number of hydrogen-bond acceptors (Lipinski definition) is 8. The fraction of sp³-hybridized carbons (Fsp3) is 0.500. The fourth-order valence-electron chi connectivity index (χ4n) is 9.45. The van der Waals surface area contributed by atoms with Crippen LogP contribution in [0.1, 0.15) is 161 Å². The van der Waals surface area contributed by atoms with Crippen molar-refractivity contribution in [2.45, 2.75) is 157 Å². The van der Waals surface area contributed by atoms with Crippen LogP contribution in [-0.2, 0) is 52.9 Å². The van der Waals surface area contributed by atoms with Crippen molar-refractivity contribution >= 4 is 21.8 Å². The molecule has 0 amide bonds. The Labute approximate surface area is 366 Å². The summed E-state index contributed by atoms with van der Waals surface area (Å²) in [5.74, 6) is -1.15. The van der Waals surface area contributed by atoms with Crippen molar-refractivity contribution in [2.24, 2.45) is 10.8 Å². The standard InChI is InChI=1S/C52H70O8S/c1-33-25-41(51(11,12)31-49(5,6)7)47(55)35(3)39(33)29-59-45(53)27-43(37-21-17-15-18-22-37)61(57,58)44(38-23-19-16-20-24-38)28-46(54)60-30-40-34(2)26-42(48(56)36(40)4)52(13,14)32-50(8,9)10/h15-26,43-44,55-56H,27-32H2,1-14H3. The van der Waals surface area contributed by atoms with Crippen molar-refractivity contribution in [1.29, 1.82) is 0 Å². The molecule has 0 heterocycles. The van der Waals surface area contributed by atoms with Gasteiger partial charge >= 0.3 is 11.9 Å². The van der Waals surface area contributed by atoms with E-state index in [0.29, 0.717) is 33.4 Å². The van der Waals surface area contributed by atoms with E-state index in [1.807, 2.05) is 26.0 Å². The van der Waals surface area contributed by atoms with Crippen LogP contribution in [0.15, 0.2) is 72.8 Å². The predicted octanol–water partition coefficient (Wildman–Crippen LogP) is 12.2. The molecule has 332 valence electrons. The van der Waals surface area contributed by atoms with E-state index in [0.717, 1.165) is 35.1 Å². The molecule has 4 aromatic rings. The van der Waals surface area contributed by atoms with Gasteiger partial charge < -0.3 is 19.7 Å². The summed E-state index contributed by atoms with van der Waals surface area (Å²) in [6.45, 7) is 28.6. The summed E-state index contributed by atoms with van der Waals surface area (Å²) >= 11 is 0. The van der Waals surface area contributed by atoms with Crippen LogP contribution in [0.5, 0.6) is 11.5 Å². The highest BCUT2D eigenvalue weighted by atomic mass is 32.2. The molecule has 0 aliphatic carbocycles. The van der Waals surface area contributed by atoms with Gasteiger partial charge in [-0.2, -0.15) is 0 Å². The number of phenols is 2. The number of sulfone groups is 1. The third-order valence-corrected chi connectivity index (χ3v) is 14.3. The Morgan fingerprint density at radius 3 is 1.16 bits per heavy atom. The van der Waals surface area contributed by atoms with E-state index in [1.54, 1.807) is 74.5 Å². The van der Waals surface area contributed by atoms with Gasteiger partial charge in [-0.05, 0) is 107 Å². The molecule has 0 aliphatic heterocycles. The zero-order valence-corrected chi connectivity index (χ0v) is 39.9. The maximum Gasteiger partial charge on any atom is 0.307 e. The Morgan fingerprint density at radius 1 is 0.557 bits per heavy atom. The summed E-state index contributed by atoms with van der Waals surface area (Å²) in [6, 6.07) is 20.9. The number of ether oxygens (including phenoxy) is 2. The Morgan fingerprint density at radius 2 is 0.869 bits per heavy atom. The normalized spacial score (nSPS) is 13.7. The molecular weight excluding hydrogens is 785 g/mol. The first-order chi connectivity index (χ1) is 28.1. The van der Waals surface area contributed by atoms with E-state index in [2.05, 4.69) is 69.2 Å². The average molecular weight is 855 g/mol. The van der Waals surface area contributed by atoms with Crippen molar-refractivity contribution in [3.05, 3.63) is 128 Å². The van der Waals surface area contributed by atoms with Crippen molar-refractivity contribution < 1.29 is 37.7 Å². The molecule has 8 nitrogen and oxygen atoms in total. The number of esters is 2. The highest BCUT2D eigenvalue weighted by Gasteiger charge is 2.40. The van der Waals surface area contributed by atoms with E-state index in [1.165, 1.54) is 0 Å². The molecule has 4 rings (SSSR count). The van der Waals surface area contributed by atoms with Gasteiger partial charge in [0.2, 0.25) is 0 Å². The molecule has 61 heavy (non-hydrogen) atoms. The Balaban J connectivity index is 1.61. The number of carbonyl (C=O) groups is 2. The number of aromatic hydroxyl groups is 2. The number of hydrogen-bond donors (Lipinski definition) is 2. The largest absolute Gasteiger partial charge is 0.507 e. The minimum atomic E-state index is -4.33. The molecule has 2 unspecified atom stereocenters. The number of rotatable bonds is 16. The zero-order valence-electron chi connectivity index (χ0n) is 39.1. The molecule has 2 atom stereocenters. The second kappa shape index (κ2) is 18.8. The fourth-order valence-corrected chi connectivity index (χ4v) is 11.7. The molecule has 2 N–H and O–H groups in total. The molecule has 0 saturated heterocycles. The third-order valence-electron chi connectivity index (χ3n) is 11.8. The molecule has 4 aromatic carbocycles. The summed E-state index contributed by atoms with van der Waals surface area (Å²) in [6.07, 6.45) is 0.681. The number of phenolic OH excluding ortho intramolecular Hbond substituents is 2. The molecule has 0 aliphatic rings. The molecule has 0 fully saturated rings. The first-order valence-electron chi connectivity index (χ1n) is 21.3. The van der Waals surface area contributed by atoms with Gasteiger partial charge in [0.15, 0.2) is 9.84 Å². The van der Waals surface area contributed by atoms with E-state index in [9.17, 15) is 28.2 Å². The Hall–Kier alpha value is -4.63. The van der Waals surface area contributed by atoms with Crippen LogP contribution in [0.3, 0.4) is 0 Å². The highest BCUT2D eigenvalue weighted by molar-refractivity contribution is 7.92. The van der Waals surface area contributed by atoms with Crippen LogP contribution in [0, 0.1) is 38.5 Å². The van der Waals surface area contributed by atoms with Crippen LogP contribution >= 0.6 is 0 Å². The Kier molecular flexibility index (Phi) is 15.1. The van der Waals surface area contributed by atoms with Gasteiger partial charge in [0.05, 0.1) is 23.3 Å². The third kappa shape index (κ3) is 12.3. The molecule has 0 saturated carbocycles. The molecular formula is C52H70O8S. The van der Waals surface area contributed by atoms with Crippen molar-refractivity contribution in [2.75, 3.05) is 0 Å². The summed E-state index contributed by atoms with van der Waals surface area (Å²) < 4.78 is 41.5. The van der Waals surface area contributed by atoms with Gasteiger partial charge in [0.25, 0.3) is 0 Å². The van der Waals surface area contributed by atoms with Crippen LogP contribution in [-0.4, -0.2) is 30.6 Å². The predicted molar refractivity (Wildman–Crippen MR) is 245 cm³/mol. The monoisotopic (exact) mass is 854 g/mol. The van der Waals surface area contributed by atoms with Gasteiger partial charge in [-0.3, -0.25) is 9.59 Å². The molecule has 0 spiro atoms. The van der Waals surface area contributed by atoms with Gasteiger partial charge in [-0.1, -0.05) is 142 Å². The molecule has 0 aromatic heterocycles. The quantitative estimate of drug-likeness (QED) is 0.107. The lowest BCUT2D eigenvalue weighted by atomic mass is 9.71. The topological polar surface area (TPSA) is 127 Å². The van der Waals surface area contributed by atoms with Gasteiger partial charge in [0, 0.05) is 11.1 Å². The lowest BCUT2D eigenvalue weighted by Gasteiger charge is -2.34. The smallest absolute Gasteiger partial charge is 0.307 e. The van der Waals surface area contributed by atoms with Crippen LogP contribution < -0.4 is 0 Å². The summed E-state index contributed by atoms with van der Waals surface area (Å²) in [4.78, 5) is 27.5. The summed E-state index contributed by atoms with van der Waals surface area (Å²) in [5, 5.41) is 20.1. The second-order valence-corrected chi connectivity index (χ2v) is 23.1. The van der Waals surface area contributed by atoms with Gasteiger partial charge in [-0.25, -0.2) is 8.42 Å². The SMILES string of the molecule is Cc1cc(C(C)(C)CC(C)(C)C)c(O)c(C)c1COC(=O)CC(c1ccccc1)S(=O)(=O)C(CC(=O)OCc1c(C)cc(C(C)(C)CC(C)(C)C)c(O)c1C)c1ccccc1. The van der Waals surface area contributed by atoms with Gasteiger partial charge in [0.1, 0.15) is 24.7 Å². The maximum atomic E-state index is 14.9. The minimum absolute atomic E-state index is 0.0287. The van der Waals surface area contributed by atoms with E-state index < -0.39 is 45.1 Å². The van der Waals surface area contributed by atoms with Crippen molar-refractivity contribution in [1.82, 2.24) is 0 Å². The Bertz CT molecular complexity index is 2140. The lowest BCUT2D eigenvalue weighted by Crippen LogP contribution is -2.27.